The molecule has 0 unspecified atom stereocenters. The molecule has 2 fully saturated rings. The minimum atomic E-state index is -0.889. The van der Waals surface area contributed by atoms with Gasteiger partial charge in [-0.15, -0.1) is 0 Å². The van der Waals surface area contributed by atoms with Crippen molar-refractivity contribution in [3.63, 3.8) is 0 Å². The Morgan fingerprint density at radius 2 is 2.10 bits per heavy atom. The second-order valence-electron chi connectivity index (χ2n) is 11.1. The minimum Gasteiger partial charge on any atom is -0.474 e. The summed E-state index contributed by atoms with van der Waals surface area (Å²) in [5, 5.41) is 7.30. The molecule has 3 atom stereocenters. The van der Waals surface area contributed by atoms with Crippen LogP contribution in [-0.4, -0.2) is 77.0 Å². The molecule has 0 saturated carbocycles. The zero-order chi connectivity index (χ0) is 28.0. The van der Waals surface area contributed by atoms with Gasteiger partial charge in [0.15, 0.2) is 5.82 Å². The van der Waals surface area contributed by atoms with E-state index < -0.39 is 17.5 Å². The van der Waals surface area contributed by atoms with Crippen molar-refractivity contribution in [3.05, 3.63) is 28.5 Å². The number of halogens is 3. The van der Waals surface area contributed by atoms with Gasteiger partial charge in [0.05, 0.1) is 16.7 Å². The first-order valence-electron chi connectivity index (χ1n) is 13.8. The highest BCUT2D eigenvalue weighted by molar-refractivity contribution is 6.34. The van der Waals surface area contributed by atoms with Gasteiger partial charge in [0.25, 0.3) is 0 Å². The molecule has 6 rings (SSSR count). The fraction of sp³-hybridized carbons (Fsp3) is 0.536. The van der Waals surface area contributed by atoms with Gasteiger partial charge in [0.2, 0.25) is 5.88 Å². The van der Waals surface area contributed by atoms with Crippen molar-refractivity contribution in [1.82, 2.24) is 25.2 Å². The van der Waals surface area contributed by atoms with Crippen LogP contribution in [0.4, 0.5) is 20.3 Å². The lowest BCUT2D eigenvalue weighted by atomic mass is 9.95. The molecule has 9 nitrogen and oxygen atoms in total. The lowest BCUT2D eigenvalue weighted by Crippen LogP contribution is -2.43. The summed E-state index contributed by atoms with van der Waals surface area (Å²) in [5.74, 6) is -0.132. The number of benzene rings is 1. The number of nitrogens with one attached hydrogen (secondary N) is 2. The predicted octanol–water partition coefficient (Wildman–Crippen LogP) is 4.50. The molecule has 214 valence electrons. The van der Waals surface area contributed by atoms with Gasteiger partial charge in [-0.1, -0.05) is 11.6 Å². The largest absolute Gasteiger partial charge is 0.474 e. The van der Waals surface area contributed by atoms with Crippen molar-refractivity contribution in [2.45, 2.75) is 57.3 Å². The standard InChI is InChI=1S/C28H34ClF2N7O2/c1-15-10-18(32)11-19(21(15)29)23-22(31)24-20-25(34-8-7-33-6-4-16(2)40-26(20)35-23)37-27(36-24)39-14-28-5-3-9-38(28)13-17(30)12-28/h10-11,16-17,33H,3-9,12-14,32H2,1-2H3,(H,34,36,37)/t16-,17+,28-/m0/s1. The molecule has 0 bridgehead atoms. The summed E-state index contributed by atoms with van der Waals surface area (Å²) in [4.78, 5) is 15.9. The molecule has 0 aliphatic carbocycles. The van der Waals surface area contributed by atoms with Crippen molar-refractivity contribution in [2.24, 2.45) is 0 Å². The number of nitrogens with zero attached hydrogens (tertiary/aromatic N) is 4. The zero-order valence-electron chi connectivity index (χ0n) is 22.7. The van der Waals surface area contributed by atoms with E-state index in [2.05, 4.69) is 30.5 Å². The number of anilines is 2. The number of aromatic nitrogens is 3. The summed E-state index contributed by atoms with van der Waals surface area (Å²) < 4.78 is 43.2. The maximum atomic E-state index is 16.4. The fourth-order valence-electron chi connectivity index (χ4n) is 6.14. The molecule has 4 N–H and O–H groups in total. The third-order valence-electron chi connectivity index (χ3n) is 8.13. The van der Waals surface area contributed by atoms with E-state index in [0.717, 1.165) is 32.4 Å². The molecule has 1 aromatic carbocycles. The molecule has 2 aromatic heterocycles. The quantitative estimate of drug-likeness (QED) is 0.388. The van der Waals surface area contributed by atoms with Gasteiger partial charge in [-0.3, -0.25) is 4.90 Å². The molecule has 0 amide bonds. The number of hydrogen-bond donors (Lipinski definition) is 3. The summed E-state index contributed by atoms with van der Waals surface area (Å²) in [6, 6.07) is 3.32. The van der Waals surface area contributed by atoms with E-state index in [-0.39, 0.29) is 35.8 Å². The average Bonchev–Trinajstić information content (AvgIpc) is 3.43. The second kappa shape index (κ2) is 10.8. The van der Waals surface area contributed by atoms with Gasteiger partial charge in [-0.05, 0) is 63.9 Å². The van der Waals surface area contributed by atoms with Crippen LogP contribution < -0.4 is 25.8 Å². The Morgan fingerprint density at radius 1 is 1.25 bits per heavy atom. The molecule has 2 saturated heterocycles. The van der Waals surface area contributed by atoms with E-state index in [0.29, 0.717) is 59.1 Å². The normalized spacial score (nSPS) is 25.2. The van der Waals surface area contributed by atoms with E-state index >= 15 is 4.39 Å². The Kier molecular flexibility index (Phi) is 7.30. The molecule has 0 radical (unpaired) electrons. The summed E-state index contributed by atoms with van der Waals surface area (Å²) in [7, 11) is 0. The lowest BCUT2D eigenvalue weighted by Gasteiger charge is -2.30. The zero-order valence-corrected chi connectivity index (χ0v) is 23.5. The molecule has 3 aliphatic heterocycles. The molecule has 40 heavy (non-hydrogen) atoms. The van der Waals surface area contributed by atoms with E-state index in [9.17, 15) is 4.39 Å². The molecular formula is C28H34ClF2N7O2. The number of nitrogen functional groups attached to an aromatic ring is 1. The Bertz CT molecular complexity index is 1440. The first-order chi connectivity index (χ1) is 19.2. The van der Waals surface area contributed by atoms with Gasteiger partial charge in [-0.2, -0.15) is 9.97 Å². The van der Waals surface area contributed by atoms with Crippen molar-refractivity contribution >= 4 is 34.0 Å². The molecule has 3 aromatic rings. The van der Waals surface area contributed by atoms with Crippen LogP contribution in [-0.2, 0) is 0 Å². The number of pyridine rings is 1. The first-order valence-corrected chi connectivity index (χ1v) is 14.2. The van der Waals surface area contributed by atoms with Gasteiger partial charge >= 0.3 is 6.01 Å². The van der Waals surface area contributed by atoms with Crippen molar-refractivity contribution in [2.75, 3.05) is 50.4 Å². The minimum absolute atomic E-state index is 0.00128. The van der Waals surface area contributed by atoms with Crippen LogP contribution in [0.5, 0.6) is 11.9 Å². The fourth-order valence-corrected chi connectivity index (χ4v) is 6.34. The summed E-state index contributed by atoms with van der Waals surface area (Å²) in [6.07, 6.45) is 1.84. The highest BCUT2D eigenvalue weighted by Crippen LogP contribution is 2.42. The maximum absolute atomic E-state index is 16.4. The van der Waals surface area contributed by atoms with E-state index in [1.807, 2.05) is 6.92 Å². The monoisotopic (exact) mass is 573 g/mol. The third kappa shape index (κ3) is 4.99. The van der Waals surface area contributed by atoms with Crippen molar-refractivity contribution in [3.8, 4) is 23.1 Å². The number of alkyl halides is 1. The summed E-state index contributed by atoms with van der Waals surface area (Å²) in [6.45, 7) is 7.15. The molecule has 0 spiro atoms. The van der Waals surface area contributed by atoms with Crippen LogP contribution >= 0.6 is 11.6 Å². The predicted molar refractivity (Wildman–Crippen MR) is 151 cm³/mol. The Labute approximate surface area is 236 Å². The number of hydrogen-bond acceptors (Lipinski definition) is 9. The van der Waals surface area contributed by atoms with Gasteiger partial charge < -0.3 is 25.8 Å². The first kappa shape index (κ1) is 27.2. The Balaban J connectivity index is 1.49. The number of aryl methyl sites for hydroxylation is 1. The number of fused-ring (bicyclic) bond motifs is 1. The van der Waals surface area contributed by atoms with E-state index in [1.165, 1.54) is 0 Å². The SMILES string of the molecule is Cc1cc(N)cc(-c2nc3c4c(nc(OC[C@@]56CCCN5C[C@H](F)C6)nc4c2F)NCCNCC[C@H](C)O3)c1Cl. The summed E-state index contributed by atoms with van der Waals surface area (Å²) in [5.41, 5.74) is 7.16. The average molecular weight is 574 g/mol. The number of ether oxygens (including phenoxy) is 2. The van der Waals surface area contributed by atoms with Crippen LogP contribution in [0.15, 0.2) is 12.1 Å². The van der Waals surface area contributed by atoms with Crippen LogP contribution in [0, 0.1) is 12.7 Å². The second-order valence-corrected chi connectivity index (χ2v) is 11.5. The smallest absolute Gasteiger partial charge is 0.319 e. The molecule has 5 heterocycles. The lowest BCUT2D eigenvalue weighted by molar-refractivity contribution is 0.107. The Morgan fingerprint density at radius 3 is 2.95 bits per heavy atom. The van der Waals surface area contributed by atoms with E-state index in [1.54, 1.807) is 19.1 Å². The van der Waals surface area contributed by atoms with Crippen molar-refractivity contribution in [1.29, 1.82) is 0 Å². The Hall–Kier alpha value is -3.02. The van der Waals surface area contributed by atoms with Gasteiger partial charge in [-0.25, -0.2) is 13.8 Å². The van der Waals surface area contributed by atoms with Crippen LogP contribution in [0.1, 0.15) is 38.2 Å². The van der Waals surface area contributed by atoms with Crippen LogP contribution in [0.2, 0.25) is 5.02 Å². The van der Waals surface area contributed by atoms with Crippen LogP contribution in [0.3, 0.4) is 0 Å². The highest BCUT2D eigenvalue weighted by Gasteiger charge is 2.49. The third-order valence-corrected chi connectivity index (χ3v) is 8.63. The maximum Gasteiger partial charge on any atom is 0.319 e. The highest BCUT2D eigenvalue weighted by atomic mass is 35.5. The van der Waals surface area contributed by atoms with Crippen molar-refractivity contribution < 1.29 is 18.3 Å². The van der Waals surface area contributed by atoms with Gasteiger partial charge in [0, 0.05) is 37.3 Å². The molecule has 3 aliphatic rings. The summed E-state index contributed by atoms with van der Waals surface area (Å²) >= 11 is 6.62. The number of nitrogens with two attached hydrogens (primary N) is 1. The van der Waals surface area contributed by atoms with Gasteiger partial charge in [0.1, 0.15) is 35.2 Å². The topological polar surface area (TPSA) is 110 Å². The van der Waals surface area contributed by atoms with Crippen LogP contribution in [0.25, 0.3) is 22.2 Å². The number of rotatable bonds is 4. The molecule has 12 heteroatoms. The molecular weight excluding hydrogens is 540 g/mol. The van der Waals surface area contributed by atoms with E-state index in [4.69, 9.17) is 26.8 Å².